The van der Waals surface area contributed by atoms with Gasteiger partial charge in [-0.2, -0.15) is 9.99 Å². The molecular formula is C6H3ClN2O. The van der Waals surface area contributed by atoms with Crippen LogP contribution in [0.2, 0.25) is 5.15 Å². The van der Waals surface area contributed by atoms with Gasteiger partial charge in [-0.1, -0.05) is 0 Å². The number of nitriles is 1. The fraction of sp³-hybridized carbons (Fsp3) is 0. The smallest absolute Gasteiger partial charge is 0.287 e. The van der Waals surface area contributed by atoms with Crippen molar-refractivity contribution in [3.8, 4) is 6.07 Å². The van der Waals surface area contributed by atoms with Crippen LogP contribution in [0.1, 0.15) is 5.56 Å². The van der Waals surface area contributed by atoms with Crippen LogP contribution in [-0.4, -0.2) is 0 Å². The molecule has 0 N–H and O–H groups in total. The lowest BCUT2D eigenvalue weighted by molar-refractivity contribution is -0.603. The van der Waals surface area contributed by atoms with Crippen molar-refractivity contribution in [3.63, 3.8) is 0 Å². The Hall–Kier alpha value is -1.27. The highest BCUT2D eigenvalue weighted by Crippen LogP contribution is 2.02. The second-order valence-electron chi connectivity index (χ2n) is 1.68. The van der Waals surface area contributed by atoms with Gasteiger partial charge < -0.3 is 5.21 Å². The molecule has 0 bridgehead atoms. The summed E-state index contributed by atoms with van der Waals surface area (Å²) in [5.41, 5.74) is 0.386. The van der Waals surface area contributed by atoms with E-state index in [0.29, 0.717) is 10.3 Å². The summed E-state index contributed by atoms with van der Waals surface area (Å²) in [5, 5.41) is 18.9. The van der Waals surface area contributed by atoms with E-state index in [1.54, 1.807) is 0 Å². The molecule has 50 valence electrons. The Morgan fingerprint density at radius 2 is 2.40 bits per heavy atom. The van der Waals surface area contributed by atoms with Gasteiger partial charge in [0.05, 0.1) is 11.6 Å². The van der Waals surface area contributed by atoms with Crippen LogP contribution in [0.4, 0.5) is 0 Å². The zero-order valence-corrected chi connectivity index (χ0v) is 5.67. The third-order valence-corrected chi connectivity index (χ3v) is 1.28. The first-order valence-corrected chi connectivity index (χ1v) is 2.90. The van der Waals surface area contributed by atoms with E-state index in [9.17, 15) is 5.21 Å². The molecule has 1 heterocycles. The number of hydrogen-bond donors (Lipinski definition) is 0. The van der Waals surface area contributed by atoms with E-state index in [4.69, 9.17) is 16.9 Å². The van der Waals surface area contributed by atoms with Crippen LogP contribution in [0.25, 0.3) is 0 Å². The maximum atomic E-state index is 10.6. The minimum atomic E-state index is 0.0130. The average molecular weight is 155 g/mol. The van der Waals surface area contributed by atoms with E-state index in [1.807, 2.05) is 6.07 Å². The Bertz CT molecular complexity index is 292. The quantitative estimate of drug-likeness (QED) is 0.316. The summed E-state index contributed by atoms with van der Waals surface area (Å²) >= 11 is 5.39. The first-order chi connectivity index (χ1) is 4.74. The number of pyridine rings is 1. The van der Waals surface area contributed by atoms with Gasteiger partial charge >= 0.3 is 0 Å². The highest BCUT2D eigenvalue weighted by atomic mass is 35.5. The second-order valence-corrected chi connectivity index (χ2v) is 2.06. The monoisotopic (exact) mass is 154 g/mol. The Labute approximate surface area is 62.7 Å². The van der Waals surface area contributed by atoms with Gasteiger partial charge in [-0.05, 0) is 11.6 Å². The Morgan fingerprint density at radius 3 is 2.90 bits per heavy atom. The standard InChI is InChI=1S/C6H3ClN2O/c7-6-3-5(4-8)1-2-9(6)10/h1-3H. The number of rotatable bonds is 0. The molecule has 0 amide bonds. The van der Waals surface area contributed by atoms with E-state index in [2.05, 4.69) is 0 Å². The molecular weight excluding hydrogens is 152 g/mol. The van der Waals surface area contributed by atoms with Gasteiger partial charge in [-0.3, -0.25) is 0 Å². The number of aromatic nitrogens is 1. The Kier molecular flexibility index (Phi) is 1.74. The fourth-order valence-corrected chi connectivity index (χ4v) is 0.703. The van der Waals surface area contributed by atoms with Gasteiger partial charge in [0, 0.05) is 12.1 Å². The van der Waals surface area contributed by atoms with E-state index >= 15 is 0 Å². The van der Waals surface area contributed by atoms with Gasteiger partial charge in [0.2, 0.25) is 0 Å². The lowest BCUT2D eigenvalue weighted by atomic mass is 10.3. The van der Waals surface area contributed by atoms with Crippen LogP contribution < -0.4 is 4.73 Å². The highest BCUT2D eigenvalue weighted by molar-refractivity contribution is 6.28. The lowest BCUT2D eigenvalue weighted by Gasteiger charge is -1.95. The molecule has 4 heteroatoms. The molecule has 0 radical (unpaired) electrons. The molecule has 0 unspecified atom stereocenters. The van der Waals surface area contributed by atoms with Crippen molar-refractivity contribution in [1.82, 2.24) is 0 Å². The molecule has 0 aliphatic carbocycles. The zero-order chi connectivity index (χ0) is 7.56. The molecule has 1 rings (SSSR count). The fourth-order valence-electron chi connectivity index (χ4n) is 0.529. The van der Waals surface area contributed by atoms with Gasteiger partial charge in [-0.25, -0.2) is 0 Å². The van der Waals surface area contributed by atoms with Crippen molar-refractivity contribution in [1.29, 1.82) is 5.26 Å². The van der Waals surface area contributed by atoms with Crippen molar-refractivity contribution in [2.45, 2.75) is 0 Å². The molecule has 0 saturated carbocycles. The van der Waals surface area contributed by atoms with E-state index in [-0.39, 0.29) is 5.15 Å². The van der Waals surface area contributed by atoms with E-state index in [1.165, 1.54) is 18.3 Å². The third kappa shape index (κ3) is 1.17. The molecule has 0 aliphatic heterocycles. The highest BCUT2D eigenvalue weighted by Gasteiger charge is 2.00. The normalized spacial score (nSPS) is 8.80. The molecule has 0 fully saturated rings. The second kappa shape index (κ2) is 2.54. The molecule has 0 aromatic carbocycles. The summed E-state index contributed by atoms with van der Waals surface area (Å²) in [6.07, 6.45) is 1.20. The average Bonchev–Trinajstić information content (AvgIpc) is 1.95. The van der Waals surface area contributed by atoms with Gasteiger partial charge in [0.15, 0.2) is 6.20 Å². The van der Waals surface area contributed by atoms with Crippen molar-refractivity contribution in [2.75, 3.05) is 0 Å². The Balaban J connectivity index is 3.20. The minimum absolute atomic E-state index is 0.0130. The van der Waals surface area contributed by atoms with Crippen LogP contribution in [0.3, 0.4) is 0 Å². The third-order valence-electron chi connectivity index (χ3n) is 1.00. The van der Waals surface area contributed by atoms with Crippen LogP contribution in [0, 0.1) is 16.5 Å². The molecule has 0 spiro atoms. The van der Waals surface area contributed by atoms with Crippen LogP contribution in [0.5, 0.6) is 0 Å². The first-order valence-electron chi connectivity index (χ1n) is 2.53. The van der Waals surface area contributed by atoms with Gasteiger partial charge in [0.1, 0.15) is 0 Å². The summed E-state index contributed by atoms with van der Waals surface area (Å²) in [6, 6.07) is 4.57. The van der Waals surface area contributed by atoms with Crippen molar-refractivity contribution < 1.29 is 4.73 Å². The SMILES string of the molecule is N#Cc1cc[n+]([O-])c(Cl)c1. The van der Waals surface area contributed by atoms with Crippen molar-refractivity contribution in [2.24, 2.45) is 0 Å². The van der Waals surface area contributed by atoms with Gasteiger partial charge in [0.25, 0.3) is 5.15 Å². The molecule has 1 aromatic rings. The van der Waals surface area contributed by atoms with Crippen LogP contribution >= 0.6 is 11.6 Å². The molecule has 0 atom stereocenters. The molecule has 0 saturated heterocycles. The molecule has 1 aromatic heterocycles. The van der Waals surface area contributed by atoms with E-state index < -0.39 is 0 Å². The molecule has 3 nitrogen and oxygen atoms in total. The zero-order valence-electron chi connectivity index (χ0n) is 4.91. The summed E-state index contributed by atoms with van der Waals surface area (Å²) < 4.78 is 0.488. The summed E-state index contributed by atoms with van der Waals surface area (Å²) in [6.45, 7) is 0. The summed E-state index contributed by atoms with van der Waals surface area (Å²) in [7, 11) is 0. The molecule has 10 heavy (non-hydrogen) atoms. The maximum absolute atomic E-state index is 10.6. The topological polar surface area (TPSA) is 50.7 Å². The molecule has 0 aliphatic rings. The predicted molar refractivity (Wildman–Crippen MR) is 35.1 cm³/mol. The maximum Gasteiger partial charge on any atom is 0.287 e. The first kappa shape index (κ1) is 6.84. The van der Waals surface area contributed by atoms with Crippen molar-refractivity contribution >= 4 is 11.6 Å². The predicted octanol–water partition coefficient (Wildman–Crippen LogP) is 0.845. The Morgan fingerprint density at radius 1 is 1.70 bits per heavy atom. The minimum Gasteiger partial charge on any atom is -0.618 e. The number of hydrogen-bond acceptors (Lipinski definition) is 2. The van der Waals surface area contributed by atoms with Crippen molar-refractivity contribution in [3.05, 3.63) is 34.3 Å². The van der Waals surface area contributed by atoms with Gasteiger partial charge in [-0.15, -0.1) is 0 Å². The van der Waals surface area contributed by atoms with Crippen LogP contribution in [-0.2, 0) is 0 Å². The summed E-state index contributed by atoms with van der Waals surface area (Å²) in [4.78, 5) is 0. The number of halogens is 1. The van der Waals surface area contributed by atoms with Crippen LogP contribution in [0.15, 0.2) is 18.3 Å². The largest absolute Gasteiger partial charge is 0.618 e. The van der Waals surface area contributed by atoms with E-state index in [0.717, 1.165) is 0 Å². The lowest BCUT2D eigenvalue weighted by Crippen LogP contribution is -2.26. The summed E-state index contributed by atoms with van der Waals surface area (Å²) in [5.74, 6) is 0. The number of nitrogens with zero attached hydrogens (tertiary/aromatic N) is 2.